The van der Waals surface area contributed by atoms with Gasteiger partial charge in [-0.15, -0.1) is 0 Å². The molecule has 26 heavy (non-hydrogen) atoms. The maximum atomic E-state index is 10.8. The Labute approximate surface area is 153 Å². The second-order valence-electron chi connectivity index (χ2n) is 6.93. The molecule has 0 bridgehead atoms. The summed E-state index contributed by atoms with van der Waals surface area (Å²) in [5, 5.41) is 14.4. The van der Waals surface area contributed by atoms with Gasteiger partial charge in [-0.25, -0.2) is 0 Å². The summed E-state index contributed by atoms with van der Waals surface area (Å²) in [7, 11) is 0. The smallest absolute Gasteiger partial charge is 0.303 e. The Balaban J connectivity index is 1.65. The molecule has 136 valence electrons. The zero-order chi connectivity index (χ0) is 18.7. The van der Waals surface area contributed by atoms with Crippen LogP contribution < -0.4 is 4.74 Å². The summed E-state index contributed by atoms with van der Waals surface area (Å²) < 4.78 is 7.88. The minimum Gasteiger partial charge on any atom is -0.489 e. The van der Waals surface area contributed by atoms with E-state index in [4.69, 9.17) is 9.84 Å². The number of carbonyl (C=O) groups is 1. The summed E-state index contributed by atoms with van der Waals surface area (Å²) in [5.41, 5.74) is 3.21. The quantitative estimate of drug-likeness (QED) is 0.665. The highest BCUT2D eigenvalue weighted by Crippen LogP contribution is 2.23. The number of nitrogens with zero attached hydrogens (tertiary/aromatic N) is 2. The van der Waals surface area contributed by atoms with Gasteiger partial charge in [-0.3, -0.25) is 9.48 Å². The van der Waals surface area contributed by atoms with Crippen molar-refractivity contribution in [2.75, 3.05) is 0 Å². The lowest BCUT2D eigenvalue weighted by atomic mass is 9.98. The summed E-state index contributed by atoms with van der Waals surface area (Å²) in [4.78, 5) is 10.8. The van der Waals surface area contributed by atoms with Crippen molar-refractivity contribution in [2.45, 2.75) is 45.8 Å². The van der Waals surface area contributed by atoms with Crippen LogP contribution in [0, 0.1) is 0 Å². The first kappa shape index (κ1) is 18.0. The third kappa shape index (κ3) is 4.04. The van der Waals surface area contributed by atoms with Crippen molar-refractivity contribution in [1.82, 2.24) is 9.78 Å². The number of benzene rings is 2. The van der Waals surface area contributed by atoms with Gasteiger partial charge in [0.1, 0.15) is 12.4 Å². The number of carboxylic acid groups (broad SMARTS) is 1. The van der Waals surface area contributed by atoms with Gasteiger partial charge in [-0.05, 0) is 55.2 Å². The molecular weight excluding hydrogens is 328 g/mol. The van der Waals surface area contributed by atoms with E-state index in [-0.39, 0.29) is 12.3 Å². The highest BCUT2D eigenvalue weighted by atomic mass is 16.5. The fraction of sp³-hybridized carbons (Fsp3) is 0.333. The zero-order valence-corrected chi connectivity index (χ0v) is 15.3. The second kappa shape index (κ2) is 7.60. The van der Waals surface area contributed by atoms with Crippen LogP contribution in [0.3, 0.4) is 0 Å². The van der Waals surface area contributed by atoms with E-state index in [9.17, 15) is 4.79 Å². The van der Waals surface area contributed by atoms with Crippen LogP contribution in [0.1, 0.15) is 50.3 Å². The monoisotopic (exact) mass is 352 g/mol. The third-order valence-corrected chi connectivity index (χ3v) is 4.48. The minimum absolute atomic E-state index is 0.0125. The summed E-state index contributed by atoms with van der Waals surface area (Å²) >= 11 is 0. The molecule has 1 atom stereocenters. The fourth-order valence-corrected chi connectivity index (χ4v) is 3.04. The minimum atomic E-state index is -0.783. The Morgan fingerprint density at radius 3 is 2.54 bits per heavy atom. The molecule has 3 aromatic rings. The van der Waals surface area contributed by atoms with Crippen LogP contribution in [0.25, 0.3) is 10.9 Å². The second-order valence-corrected chi connectivity index (χ2v) is 6.93. The molecule has 0 aliphatic carbocycles. The van der Waals surface area contributed by atoms with Crippen molar-refractivity contribution in [3.63, 3.8) is 0 Å². The summed E-state index contributed by atoms with van der Waals surface area (Å²) in [6.07, 6.45) is 2.02. The van der Waals surface area contributed by atoms with Gasteiger partial charge in [0.05, 0.1) is 18.1 Å². The Morgan fingerprint density at radius 1 is 1.15 bits per heavy atom. The maximum absolute atomic E-state index is 10.8. The van der Waals surface area contributed by atoms with Crippen LogP contribution in [0.5, 0.6) is 5.75 Å². The van der Waals surface area contributed by atoms with E-state index in [2.05, 4.69) is 37.1 Å². The van der Waals surface area contributed by atoms with Crippen molar-refractivity contribution in [1.29, 1.82) is 0 Å². The number of rotatable bonds is 7. The maximum Gasteiger partial charge on any atom is 0.303 e. The lowest BCUT2D eigenvalue weighted by Gasteiger charge is -2.11. The Bertz CT molecular complexity index is 897. The van der Waals surface area contributed by atoms with Crippen LogP contribution in [0.2, 0.25) is 0 Å². The molecule has 1 N–H and O–H groups in total. The standard InChI is InChI=1S/C21H24N2O3/c1-14(2)23-20-9-4-16(11-18(20)12-22-23)13-26-19-7-5-17(6-8-19)15(3)10-21(24)25/h4-9,11-12,14-15H,10,13H2,1-3H3,(H,24,25). The fourth-order valence-electron chi connectivity index (χ4n) is 3.04. The van der Waals surface area contributed by atoms with Gasteiger partial charge in [-0.2, -0.15) is 5.10 Å². The number of ether oxygens (including phenoxy) is 1. The van der Waals surface area contributed by atoms with E-state index in [0.29, 0.717) is 12.6 Å². The average molecular weight is 352 g/mol. The van der Waals surface area contributed by atoms with Gasteiger partial charge < -0.3 is 9.84 Å². The lowest BCUT2D eigenvalue weighted by Crippen LogP contribution is -2.03. The number of aromatic nitrogens is 2. The molecule has 1 aromatic heterocycles. The molecule has 0 aliphatic rings. The van der Waals surface area contributed by atoms with Gasteiger partial charge >= 0.3 is 5.97 Å². The van der Waals surface area contributed by atoms with Gasteiger partial charge in [0.2, 0.25) is 0 Å². The van der Waals surface area contributed by atoms with Crippen molar-refractivity contribution >= 4 is 16.9 Å². The van der Waals surface area contributed by atoms with Crippen LogP contribution in [0.4, 0.5) is 0 Å². The molecule has 0 aliphatic heterocycles. The van der Waals surface area contributed by atoms with Gasteiger partial charge in [-0.1, -0.05) is 25.1 Å². The van der Waals surface area contributed by atoms with Gasteiger partial charge in [0.15, 0.2) is 0 Å². The van der Waals surface area contributed by atoms with E-state index in [0.717, 1.165) is 27.8 Å². The first-order valence-corrected chi connectivity index (χ1v) is 8.84. The highest BCUT2D eigenvalue weighted by molar-refractivity contribution is 5.79. The number of hydrogen-bond acceptors (Lipinski definition) is 3. The van der Waals surface area contributed by atoms with Crippen LogP contribution in [-0.2, 0) is 11.4 Å². The molecule has 5 nitrogen and oxygen atoms in total. The van der Waals surface area contributed by atoms with Gasteiger partial charge in [0.25, 0.3) is 0 Å². The Kier molecular flexibility index (Phi) is 5.26. The summed E-state index contributed by atoms with van der Waals surface area (Å²) in [6.45, 7) is 6.62. The summed E-state index contributed by atoms with van der Waals surface area (Å²) in [6, 6.07) is 14.2. The normalized spacial score (nSPS) is 12.5. The predicted molar refractivity (Wildman–Crippen MR) is 102 cm³/mol. The third-order valence-electron chi connectivity index (χ3n) is 4.48. The van der Waals surface area contributed by atoms with Crippen molar-refractivity contribution in [3.8, 4) is 5.75 Å². The molecule has 0 saturated carbocycles. The predicted octanol–water partition coefficient (Wildman–Crippen LogP) is 4.77. The average Bonchev–Trinajstić information content (AvgIpc) is 3.03. The number of fused-ring (bicyclic) bond motifs is 1. The van der Waals surface area contributed by atoms with E-state index in [1.54, 1.807) is 0 Å². The van der Waals surface area contributed by atoms with Crippen LogP contribution in [-0.4, -0.2) is 20.9 Å². The topological polar surface area (TPSA) is 64.3 Å². The molecule has 0 radical (unpaired) electrons. The van der Waals surface area contributed by atoms with Crippen molar-refractivity contribution in [3.05, 3.63) is 59.8 Å². The molecule has 2 aromatic carbocycles. The lowest BCUT2D eigenvalue weighted by molar-refractivity contribution is -0.137. The molecule has 0 fully saturated rings. The summed E-state index contributed by atoms with van der Waals surface area (Å²) in [5.74, 6) is -0.0234. The number of hydrogen-bond donors (Lipinski definition) is 1. The molecule has 1 heterocycles. The van der Waals surface area contributed by atoms with E-state index in [1.165, 1.54) is 0 Å². The van der Waals surface area contributed by atoms with Crippen LogP contribution >= 0.6 is 0 Å². The first-order chi connectivity index (χ1) is 12.4. The number of carboxylic acids is 1. The molecule has 3 rings (SSSR count). The van der Waals surface area contributed by atoms with Gasteiger partial charge in [0, 0.05) is 11.4 Å². The SMILES string of the molecule is CC(CC(=O)O)c1ccc(OCc2ccc3c(cnn3C(C)C)c2)cc1. The molecular formula is C21H24N2O3. The molecule has 0 saturated heterocycles. The van der Waals surface area contributed by atoms with E-state index in [1.807, 2.05) is 42.1 Å². The van der Waals surface area contributed by atoms with E-state index >= 15 is 0 Å². The molecule has 0 amide bonds. The van der Waals surface area contributed by atoms with Crippen molar-refractivity contribution in [2.24, 2.45) is 0 Å². The molecule has 5 heteroatoms. The van der Waals surface area contributed by atoms with Crippen molar-refractivity contribution < 1.29 is 14.6 Å². The van der Waals surface area contributed by atoms with E-state index < -0.39 is 5.97 Å². The Morgan fingerprint density at radius 2 is 1.88 bits per heavy atom. The highest BCUT2D eigenvalue weighted by Gasteiger charge is 2.10. The molecule has 0 spiro atoms. The Hall–Kier alpha value is -2.82. The largest absolute Gasteiger partial charge is 0.489 e. The number of aliphatic carboxylic acids is 1. The van der Waals surface area contributed by atoms with Crippen LogP contribution in [0.15, 0.2) is 48.7 Å². The molecule has 1 unspecified atom stereocenters. The first-order valence-electron chi connectivity index (χ1n) is 8.84. The zero-order valence-electron chi connectivity index (χ0n) is 15.3.